The number of halogens is 3. The van der Waals surface area contributed by atoms with Crippen molar-refractivity contribution in [3.63, 3.8) is 0 Å². The summed E-state index contributed by atoms with van der Waals surface area (Å²) in [6.45, 7) is 0. The van der Waals surface area contributed by atoms with Crippen LogP contribution in [-0.2, 0) is 6.30 Å². The van der Waals surface area contributed by atoms with E-state index in [4.69, 9.17) is 0 Å². The SMILES string of the molecule is O=Cc1cncn1C(F)(F)F. The maximum Gasteiger partial charge on any atom is 0.490 e. The largest absolute Gasteiger partial charge is 0.490 e. The Bertz CT molecular complexity index is 265. The molecule has 0 aliphatic carbocycles. The molecule has 1 aromatic heterocycles. The van der Waals surface area contributed by atoms with Crippen molar-refractivity contribution >= 4 is 6.29 Å². The number of aldehydes is 1. The van der Waals surface area contributed by atoms with Crippen LogP contribution in [0.5, 0.6) is 0 Å². The second-order valence-corrected chi connectivity index (χ2v) is 1.77. The summed E-state index contributed by atoms with van der Waals surface area (Å²) in [4.78, 5) is 13.1. The highest BCUT2D eigenvalue weighted by atomic mass is 19.4. The molecular formula is C5H3F3N2O. The minimum absolute atomic E-state index is 0.0977. The smallest absolute Gasteiger partial charge is 0.296 e. The molecule has 6 heteroatoms. The van der Waals surface area contributed by atoms with Gasteiger partial charge in [0.2, 0.25) is 0 Å². The Morgan fingerprint density at radius 2 is 2.18 bits per heavy atom. The molecule has 11 heavy (non-hydrogen) atoms. The van der Waals surface area contributed by atoms with Crippen molar-refractivity contribution in [2.24, 2.45) is 0 Å². The van der Waals surface area contributed by atoms with Crippen LogP contribution < -0.4 is 0 Å². The molecule has 0 N–H and O–H groups in total. The van der Waals surface area contributed by atoms with E-state index in [9.17, 15) is 18.0 Å². The van der Waals surface area contributed by atoms with E-state index in [0.717, 1.165) is 6.20 Å². The number of hydrogen-bond acceptors (Lipinski definition) is 2. The van der Waals surface area contributed by atoms with Crippen LogP contribution in [0.15, 0.2) is 12.5 Å². The number of imidazole rings is 1. The Kier molecular flexibility index (Phi) is 1.67. The van der Waals surface area contributed by atoms with Gasteiger partial charge in [0, 0.05) is 0 Å². The third-order valence-corrected chi connectivity index (χ3v) is 1.06. The zero-order chi connectivity index (χ0) is 8.48. The van der Waals surface area contributed by atoms with Crippen molar-refractivity contribution in [3.05, 3.63) is 18.2 Å². The fourth-order valence-corrected chi connectivity index (χ4v) is 0.604. The molecule has 0 spiro atoms. The van der Waals surface area contributed by atoms with E-state index in [-0.39, 0.29) is 10.9 Å². The van der Waals surface area contributed by atoms with Gasteiger partial charge in [-0.25, -0.2) is 9.55 Å². The van der Waals surface area contributed by atoms with Gasteiger partial charge in [0.25, 0.3) is 0 Å². The van der Waals surface area contributed by atoms with E-state index >= 15 is 0 Å². The van der Waals surface area contributed by atoms with Gasteiger partial charge in [0.05, 0.1) is 6.20 Å². The lowest BCUT2D eigenvalue weighted by Crippen LogP contribution is -2.17. The van der Waals surface area contributed by atoms with Gasteiger partial charge in [0.1, 0.15) is 12.0 Å². The van der Waals surface area contributed by atoms with E-state index < -0.39 is 12.0 Å². The third kappa shape index (κ3) is 1.39. The summed E-state index contributed by atoms with van der Waals surface area (Å²) in [5.74, 6) is 0. The molecule has 1 heterocycles. The van der Waals surface area contributed by atoms with Gasteiger partial charge >= 0.3 is 6.30 Å². The molecule has 60 valence electrons. The summed E-state index contributed by atoms with van der Waals surface area (Å²) in [5, 5.41) is 0. The van der Waals surface area contributed by atoms with Crippen molar-refractivity contribution < 1.29 is 18.0 Å². The number of alkyl halides is 3. The van der Waals surface area contributed by atoms with E-state index in [2.05, 4.69) is 4.98 Å². The predicted molar refractivity (Wildman–Crippen MR) is 28.9 cm³/mol. The van der Waals surface area contributed by atoms with Crippen molar-refractivity contribution in [2.45, 2.75) is 6.30 Å². The van der Waals surface area contributed by atoms with Gasteiger partial charge in [-0.1, -0.05) is 0 Å². The maximum atomic E-state index is 11.8. The van der Waals surface area contributed by atoms with Crippen molar-refractivity contribution in [3.8, 4) is 0 Å². The first-order chi connectivity index (χ1) is 5.05. The van der Waals surface area contributed by atoms with Gasteiger partial charge in [-0.15, -0.1) is 13.2 Å². The van der Waals surface area contributed by atoms with Crippen LogP contribution in [0.1, 0.15) is 10.5 Å². The standard InChI is InChI=1S/C5H3F3N2O/c6-5(7,8)10-3-9-1-4(10)2-11/h1-3H. The summed E-state index contributed by atoms with van der Waals surface area (Å²) in [6.07, 6.45) is -3.07. The van der Waals surface area contributed by atoms with Gasteiger partial charge in [-0.2, -0.15) is 0 Å². The lowest BCUT2D eigenvalue weighted by molar-refractivity contribution is -0.204. The summed E-state index contributed by atoms with van der Waals surface area (Å²) >= 11 is 0. The molecule has 0 unspecified atom stereocenters. The van der Waals surface area contributed by atoms with Crippen molar-refractivity contribution in [1.29, 1.82) is 0 Å². The Labute approximate surface area is 59.5 Å². The molecule has 1 rings (SSSR count). The van der Waals surface area contributed by atoms with Crippen LogP contribution in [-0.4, -0.2) is 15.8 Å². The molecule has 0 bridgehead atoms. The van der Waals surface area contributed by atoms with Crippen molar-refractivity contribution in [1.82, 2.24) is 9.55 Å². The zero-order valence-corrected chi connectivity index (χ0v) is 5.17. The Balaban J connectivity index is 3.12. The van der Waals surface area contributed by atoms with Crippen LogP contribution in [0, 0.1) is 0 Å². The summed E-state index contributed by atoms with van der Waals surface area (Å²) < 4.78 is 35.3. The quantitative estimate of drug-likeness (QED) is 0.584. The Morgan fingerprint density at radius 3 is 2.55 bits per heavy atom. The van der Waals surface area contributed by atoms with Crippen LogP contribution in [0.3, 0.4) is 0 Å². The van der Waals surface area contributed by atoms with E-state index in [1.54, 1.807) is 0 Å². The minimum atomic E-state index is -4.56. The first kappa shape index (κ1) is 7.77. The highest BCUT2D eigenvalue weighted by Gasteiger charge is 2.32. The van der Waals surface area contributed by atoms with Crippen molar-refractivity contribution in [2.75, 3.05) is 0 Å². The number of aromatic nitrogens is 2. The van der Waals surface area contributed by atoms with Crippen LogP contribution in [0.25, 0.3) is 0 Å². The number of carbonyl (C=O) groups is 1. The molecule has 1 aromatic rings. The Morgan fingerprint density at radius 1 is 1.55 bits per heavy atom. The first-order valence-electron chi connectivity index (χ1n) is 2.60. The Hall–Kier alpha value is -1.33. The van der Waals surface area contributed by atoms with E-state index in [1.165, 1.54) is 0 Å². The number of rotatable bonds is 1. The number of carbonyl (C=O) groups excluding carboxylic acids is 1. The zero-order valence-electron chi connectivity index (χ0n) is 5.17. The lowest BCUT2D eigenvalue weighted by Gasteiger charge is -2.06. The molecule has 3 nitrogen and oxygen atoms in total. The molecule has 0 fully saturated rings. The highest BCUT2D eigenvalue weighted by molar-refractivity contribution is 5.71. The van der Waals surface area contributed by atoms with Gasteiger partial charge in [-0.3, -0.25) is 4.79 Å². The van der Waals surface area contributed by atoms with Crippen LogP contribution in [0.4, 0.5) is 13.2 Å². The molecule has 0 aliphatic rings. The first-order valence-corrected chi connectivity index (χ1v) is 2.60. The van der Waals surface area contributed by atoms with Crippen LogP contribution in [0.2, 0.25) is 0 Å². The number of nitrogens with zero attached hydrogens (tertiary/aromatic N) is 2. The fraction of sp³-hybridized carbons (Fsp3) is 0.200. The average molecular weight is 164 g/mol. The summed E-state index contributed by atoms with van der Waals surface area (Å²) in [6, 6.07) is 0. The third-order valence-electron chi connectivity index (χ3n) is 1.06. The minimum Gasteiger partial charge on any atom is -0.296 e. The number of hydrogen-bond donors (Lipinski definition) is 0. The van der Waals surface area contributed by atoms with Gasteiger partial charge in [0.15, 0.2) is 6.29 Å². The monoisotopic (exact) mass is 164 g/mol. The molecule has 0 radical (unpaired) electrons. The predicted octanol–water partition coefficient (Wildman–Crippen LogP) is 1.17. The molecule has 0 saturated carbocycles. The second-order valence-electron chi connectivity index (χ2n) is 1.77. The second kappa shape index (κ2) is 2.37. The highest BCUT2D eigenvalue weighted by Crippen LogP contribution is 2.22. The average Bonchev–Trinajstić information content (AvgIpc) is 2.31. The summed E-state index contributed by atoms with van der Waals surface area (Å²) in [5.41, 5.74) is -0.502. The van der Waals surface area contributed by atoms with E-state index in [1.807, 2.05) is 0 Å². The molecule has 0 aromatic carbocycles. The van der Waals surface area contributed by atoms with E-state index in [0.29, 0.717) is 6.33 Å². The topological polar surface area (TPSA) is 34.9 Å². The lowest BCUT2D eigenvalue weighted by atomic mass is 10.5. The molecule has 0 aliphatic heterocycles. The molecule has 0 amide bonds. The fourth-order valence-electron chi connectivity index (χ4n) is 0.604. The van der Waals surface area contributed by atoms with Crippen LogP contribution >= 0.6 is 0 Å². The summed E-state index contributed by atoms with van der Waals surface area (Å²) in [7, 11) is 0. The van der Waals surface area contributed by atoms with Gasteiger partial charge < -0.3 is 0 Å². The normalized spacial score (nSPS) is 11.5. The maximum absolute atomic E-state index is 11.8. The molecule has 0 saturated heterocycles. The molecular weight excluding hydrogens is 161 g/mol. The molecule has 0 atom stereocenters. The van der Waals surface area contributed by atoms with Gasteiger partial charge in [-0.05, 0) is 0 Å².